The number of nitrogens with zero attached hydrogens (tertiary/aromatic N) is 2. The molecular formula is C21H28N2O5S. The third-order valence-corrected chi connectivity index (χ3v) is 4.42. The molecule has 0 bridgehead atoms. The highest BCUT2D eigenvalue weighted by atomic mass is 32.3. The Balaban J connectivity index is 0.000000612. The van der Waals surface area contributed by atoms with Gasteiger partial charge in [0, 0.05) is 11.5 Å². The van der Waals surface area contributed by atoms with Crippen molar-refractivity contribution in [3.8, 4) is 17.6 Å². The van der Waals surface area contributed by atoms with Gasteiger partial charge in [-0.1, -0.05) is 44.2 Å². The lowest BCUT2D eigenvalue weighted by Gasteiger charge is -2.35. The van der Waals surface area contributed by atoms with Gasteiger partial charge in [0.15, 0.2) is 0 Å². The maximum Gasteiger partial charge on any atom is 0.217 e. The third-order valence-electron chi connectivity index (χ3n) is 4.01. The Bertz CT molecular complexity index is 906. The quantitative estimate of drug-likeness (QED) is 0.383. The minimum atomic E-state index is -4.41. The van der Waals surface area contributed by atoms with Gasteiger partial charge in [0.2, 0.25) is 16.4 Å². The maximum atomic E-state index is 9.70. The largest absolute Gasteiger partial charge is 0.726 e. The zero-order valence-electron chi connectivity index (χ0n) is 17.4. The van der Waals surface area contributed by atoms with E-state index < -0.39 is 10.4 Å². The Morgan fingerprint density at radius 3 is 2.10 bits per heavy atom. The monoisotopic (exact) mass is 420 g/mol. The highest BCUT2D eigenvalue weighted by molar-refractivity contribution is 7.80. The van der Waals surface area contributed by atoms with Gasteiger partial charge in [-0.15, -0.1) is 0 Å². The molecule has 158 valence electrons. The lowest BCUT2D eigenvalue weighted by Crippen LogP contribution is -2.45. The Kier molecular flexibility index (Phi) is 9.27. The lowest BCUT2D eigenvalue weighted by atomic mass is 10.0. The fourth-order valence-electron chi connectivity index (χ4n) is 3.05. The summed E-state index contributed by atoms with van der Waals surface area (Å²) in [6.07, 6.45) is 0. The highest BCUT2D eigenvalue weighted by Gasteiger charge is 2.30. The summed E-state index contributed by atoms with van der Waals surface area (Å²) in [7, 11) is 0.615. The van der Waals surface area contributed by atoms with E-state index in [0.717, 1.165) is 30.7 Å². The number of rotatable bonds is 7. The van der Waals surface area contributed by atoms with E-state index in [-0.39, 0.29) is 6.04 Å². The zero-order chi connectivity index (χ0) is 22.1. The second-order valence-corrected chi connectivity index (χ2v) is 8.60. The average Bonchev–Trinajstić information content (AvgIpc) is 2.62. The first-order valence-electron chi connectivity index (χ1n) is 9.05. The van der Waals surface area contributed by atoms with Crippen LogP contribution in [0, 0.1) is 17.2 Å². The first-order valence-corrected chi connectivity index (χ1v) is 10.4. The average molecular weight is 421 g/mol. The lowest BCUT2D eigenvalue weighted by molar-refractivity contribution is -0.915. The molecular weight excluding hydrogens is 392 g/mol. The molecule has 2 aromatic rings. The van der Waals surface area contributed by atoms with E-state index >= 15 is 0 Å². The van der Waals surface area contributed by atoms with Crippen LogP contribution in [0.4, 0.5) is 0 Å². The smallest absolute Gasteiger partial charge is 0.217 e. The molecule has 2 aromatic carbocycles. The van der Waals surface area contributed by atoms with Crippen LogP contribution in [-0.4, -0.2) is 45.2 Å². The zero-order valence-corrected chi connectivity index (χ0v) is 18.2. The van der Waals surface area contributed by atoms with Crippen LogP contribution in [0.1, 0.15) is 25.5 Å². The molecule has 0 N–H and O–H groups in total. The Labute approximate surface area is 173 Å². The van der Waals surface area contributed by atoms with Crippen molar-refractivity contribution in [2.45, 2.75) is 19.9 Å². The molecule has 0 saturated heterocycles. The van der Waals surface area contributed by atoms with Gasteiger partial charge >= 0.3 is 0 Å². The fourth-order valence-corrected chi connectivity index (χ4v) is 3.05. The molecule has 0 spiro atoms. The molecule has 0 aliphatic carbocycles. The molecule has 0 fully saturated rings. The molecule has 8 heteroatoms. The third kappa shape index (κ3) is 9.07. The van der Waals surface area contributed by atoms with E-state index in [0.29, 0.717) is 10.4 Å². The summed E-state index contributed by atoms with van der Waals surface area (Å²) in [6.45, 7) is 5.31. The predicted octanol–water partition coefficient (Wildman–Crippen LogP) is 3.87. The topological polar surface area (TPSA) is 99.5 Å². The summed E-state index contributed by atoms with van der Waals surface area (Å²) >= 11 is 0. The van der Waals surface area contributed by atoms with E-state index in [9.17, 15) is 18.2 Å². The van der Waals surface area contributed by atoms with Crippen LogP contribution < -0.4 is 4.74 Å². The molecule has 0 aromatic heterocycles. The summed E-state index contributed by atoms with van der Waals surface area (Å²) in [5.74, 6) is 2.09. The molecule has 0 aliphatic rings. The van der Waals surface area contributed by atoms with E-state index in [2.05, 4.69) is 38.2 Å². The highest BCUT2D eigenvalue weighted by Crippen LogP contribution is 2.30. The van der Waals surface area contributed by atoms with Crippen molar-refractivity contribution in [3.63, 3.8) is 0 Å². The number of hydrogen-bond acceptors (Lipinski definition) is 6. The molecule has 1 atom stereocenters. The second-order valence-electron chi connectivity index (χ2n) is 7.45. The van der Waals surface area contributed by atoms with E-state index in [4.69, 9.17) is 4.74 Å². The van der Waals surface area contributed by atoms with Crippen LogP contribution in [0.5, 0.6) is 11.5 Å². The van der Waals surface area contributed by atoms with E-state index in [1.54, 1.807) is 0 Å². The Morgan fingerprint density at radius 2 is 1.62 bits per heavy atom. The molecule has 7 nitrogen and oxygen atoms in total. The molecule has 0 saturated carbocycles. The summed E-state index contributed by atoms with van der Waals surface area (Å²) in [5.41, 5.74) is 0.992. The number of nitriles is 1. The van der Waals surface area contributed by atoms with Crippen molar-refractivity contribution >= 4 is 10.4 Å². The minimum Gasteiger partial charge on any atom is -0.726 e. The van der Waals surface area contributed by atoms with Crippen molar-refractivity contribution in [1.82, 2.24) is 0 Å². The number of para-hydroxylation sites is 1. The van der Waals surface area contributed by atoms with Gasteiger partial charge in [-0.3, -0.25) is 4.18 Å². The van der Waals surface area contributed by atoms with Crippen LogP contribution in [0.15, 0.2) is 54.6 Å². The normalized spacial score (nSPS) is 12.5. The fraction of sp³-hybridized carbons (Fsp3) is 0.381. The van der Waals surface area contributed by atoms with Gasteiger partial charge in [0.25, 0.3) is 0 Å². The number of benzene rings is 2. The SMILES string of the molecule is CC(C)C[N+](C)(C)C(C#N)c1cccc(Oc2ccccc2)c1.COS(=O)(=O)[O-]. The van der Waals surface area contributed by atoms with Crippen LogP contribution in [-0.2, 0) is 14.6 Å². The summed E-state index contributed by atoms with van der Waals surface area (Å²) in [6, 6.07) is 19.8. The van der Waals surface area contributed by atoms with Crippen LogP contribution in [0.25, 0.3) is 0 Å². The van der Waals surface area contributed by atoms with Crippen molar-refractivity contribution in [1.29, 1.82) is 5.26 Å². The molecule has 0 amide bonds. The first kappa shape index (κ1) is 24.6. The molecule has 29 heavy (non-hydrogen) atoms. The summed E-state index contributed by atoms with van der Waals surface area (Å²) < 4.78 is 37.6. The minimum absolute atomic E-state index is 0.211. The van der Waals surface area contributed by atoms with Crippen molar-refractivity contribution < 1.29 is 26.4 Å². The van der Waals surface area contributed by atoms with Crippen molar-refractivity contribution in [3.05, 3.63) is 60.2 Å². The summed E-state index contributed by atoms with van der Waals surface area (Å²) in [4.78, 5) is 0. The molecule has 0 radical (unpaired) electrons. The van der Waals surface area contributed by atoms with Gasteiger partial charge in [0.1, 0.15) is 17.6 Å². The number of quaternary nitrogens is 1. The first-order chi connectivity index (χ1) is 13.5. The predicted molar refractivity (Wildman–Crippen MR) is 110 cm³/mol. The van der Waals surface area contributed by atoms with Crippen LogP contribution >= 0.6 is 0 Å². The van der Waals surface area contributed by atoms with Crippen LogP contribution in [0.3, 0.4) is 0 Å². The number of ether oxygens (including phenoxy) is 1. The van der Waals surface area contributed by atoms with Gasteiger partial charge < -0.3 is 13.8 Å². The second kappa shape index (κ2) is 10.9. The van der Waals surface area contributed by atoms with Crippen molar-refractivity contribution in [2.24, 2.45) is 5.92 Å². The molecule has 2 rings (SSSR count). The number of hydrogen-bond donors (Lipinski definition) is 0. The van der Waals surface area contributed by atoms with Crippen LogP contribution in [0.2, 0.25) is 0 Å². The van der Waals surface area contributed by atoms with Gasteiger partial charge in [-0.05, 0) is 24.3 Å². The van der Waals surface area contributed by atoms with Gasteiger partial charge in [0.05, 0.1) is 27.7 Å². The van der Waals surface area contributed by atoms with Crippen molar-refractivity contribution in [2.75, 3.05) is 27.7 Å². The van der Waals surface area contributed by atoms with Gasteiger partial charge in [-0.2, -0.15) is 5.26 Å². The summed E-state index contributed by atoms with van der Waals surface area (Å²) in [5, 5.41) is 9.70. The van der Waals surface area contributed by atoms with E-state index in [1.165, 1.54) is 0 Å². The Hall–Kier alpha value is -2.44. The maximum absolute atomic E-state index is 9.70. The molecule has 0 aliphatic heterocycles. The Morgan fingerprint density at radius 1 is 1.07 bits per heavy atom. The standard InChI is InChI=1S/C20H25N2O.CH4O4S/c1-16(2)15-22(3,4)20(14-21)17-9-8-12-19(13-17)23-18-10-6-5-7-11-18;1-5-6(2,3)4/h5-13,16,20H,15H2,1-4H3;1H3,(H,2,3,4)/q+1;/p-1. The molecule has 0 heterocycles. The van der Waals surface area contributed by atoms with E-state index in [1.807, 2.05) is 54.6 Å². The van der Waals surface area contributed by atoms with Gasteiger partial charge in [-0.25, -0.2) is 8.42 Å². The molecule has 1 unspecified atom stereocenters.